The topological polar surface area (TPSA) is 81.2 Å². The van der Waals surface area contributed by atoms with Gasteiger partial charge in [-0.15, -0.1) is 0 Å². The third-order valence-corrected chi connectivity index (χ3v) is 2.59. The molecule has 6 nitrogen and oxygen atoms in total. The van der Waals surface area contributed by atoms with E-state index in [9.17, 15) is 9.59 Å². The van der Waals surface area contributed by atoms with Gasteiger partial charge in [0.1, 0.15) is 6.67 Å². The summed E-state index contributed by atoms with van der Waals surface area (Å²) in [6, 6.07) is 11.1. The largest absolute Gasteiger partial charge is 0.361 e. The average Bonchev–Trinajstić information content (AvgIpc) is 2.91. The van der Waals surface area contributed by atoms with Crippen molar-refractivity contribution in [2.45, 2.75) is 13.2 Å². The second-order valence-corrected chi connectivity index (χ2v) is 4.04. The number of hydrogen-bond donors (Lipinski definition) is 1. The molecule has 1 aromatic carbocycles. The molecule has 0 aliphatic carbocycles. The van der Waals surface area contributed by atoms with Gasteiger partial charge in [-0.05, 0) is 11.6 Å². The zero-order chi connectivity index (χ0) is 13.7. The molecule has 6 heteroatoms. The summed E-state index contributed by atoms with van der Waals surface area (Å²) < 4.78 is 1.56. The molecule has 0 saturated heterocycles. The minimum Gasteiger partial charge on any atom is -0.361 e. The van der Waals surface area contributed by atoms with E-state index in [0.717, 1.165) is 5.56 Å². The van der Waals surface area contributed by atoms with Crippen LogP contribution in [-0.4, -0.2) is 26.5 Å². The second-order valence-electron chi connectivity index (χ2n) is 4.04. The summed E-state index contributed by atoms with van der Waals surface area (Å²) >= 11 is 0. The van der Waals surface area contributed by atoms with E-state index >= 15 is 0 Å². The Labute approximate surface area is 110 Å². The van der Waals surface area contributed by atoms with Crippen LogP contribution in [0, 0.1) is 0 Å². The fraction of sp³-hybridized carbons (Fsp3) is 0.154. The fourth-order valence-electron chi connectivity index (χ4n) is 1.70. The van der Waals surface area contributed by atoms with E-state index in [1.54, 1.807) is 23.1 Å². The highest BCUT2D eigenvalue weighted by molar-refractivity contribution is 6.34. The van der Waals surface area contributed by atoms with Crippen LogP contribution in [0.25, 0.3) is 0 Å². The maximum atomic E-state index is 11.8. The van der Waals surface area contributed by atoms with E-state index in [1.165, 1.54) is 4.90 Å². The van der Waals surface area contributed by atoms with Gasteiger partial charge in [-0.3, -0.25) is 14.3 Å². The first kappa shape index (κ1) is 12.8. The number of amides is 2. The maximum Gasteiger partial charge on any atom is 0.313 e. The maximum absolute atomic E-state index is 11.8. The van der Waals surface area contributed by atoms with Crippen molar-refractivity contribution in [2.24, 2.45) is 5.73 Å². The van der Waals surface area contributed by atoms with E-state index in [2.05, 4.69) is 5.10 Å². The first-order chi connectivity index (χ1) is 9.16. The first-order valence-corrected chi connectivity index (χ1v) is 5.77. The average molecular weight is 258 g/mol. The number of nitrogens with zero attached hydrogens (tertiary/aromatic N) is 3. The summed E-state index contributed by atoms with van der Waals surface area (Å²) in [5, 5.41) is 4.01. The van der Waals surface area contributed by atoms with Gasteiger partial charge < -0.3 is 10.6 Å². The monoisotopic (exact) mass is 258 g/mol. The van der Waals surface area contributed by atoms with Crippen LogP contribution >= 0.6 is 0 Å². The Morgan fingerprint density at radius 2 is 1.95 bits per heavy atom. The number of rotatable bonds is 4. The standard InChI is InChI=1S/C13H14N4O2/c14-12(18)13(19)16(10-17-8-4-7-15-17)9-11-5-2-1-3-6-11/h1-8H,9-10H2,(H2,14,18). The van der Waals surface area contributed by atoms with Gasteiger partial charge in [-0.2, -0.15) is 5.10 Å². The molecule has 1 heterocycles. The molecule has 2 N–H and O–H groups in total. The van der Waals surface area contributed by atoms with E-state index in [4.69, 9.17) is 5.73 Å². The summed E-state index contributed by atoms with van der Waals surface area (Å²) in [7, 11) is 0. The number of nitrogens with two attached hydrogens (primary N) is 1. The fourth-order valence-corrected chi connectivity index (χ4v) is 1.70. The van der Waals surface area contributed by atoms with Crippen LogP contribution in [0.15, 0.2) is 48.8 Å². The predicted octanol–water partition coefficient (Wildman–Crippen LogP) is 0.355. The number of hydrogen-bond acceptors (Lipinski definition) is 3. The molecule has 0 atom stereocenters. The van der Waals surface area contributed by atoms with Gasteiger partial charge >= 0.3 is 11.8 Å². The first-order valence-electron chi connectivity index (χ1n) is 5.77. The van der Waals surface area contributed by atoms with Crippen molar-refractivity contribution in [1.82, 2.24) is 14.7 Å². The highest BCUT2D eigenvalue weighted by Crippen LogP contribution is 2.06. The van der Waals surface area contributed by atoms with Crippen LogP contribution < -0.4 is 5.73 Å². The molecule has 0 radical (unpaired) electrons. The molecule has 2 aromatic rings. The van der Waals surface area contributed by atoms with Crippen molar-refractivity contribution < 1.29 is 9.59 Å². The number of primary amides is 1. The van der Waals surface area contributed by atoms with Crippen LogP contribution in [0.3, 0.4) is 0 Å². The number of benzene rings is 1. The quantitative estimate of drug-likeness (QED) is 0.804. The Morgan fingerprint density at radius 1 is 1.21 bits per heavy atom. The van der Waals surface area contributed by atoms with Gasteiger partial charge in [0.15, 0.2) is 0 Å². The Bertz CT molecular complexity index is 551. The Kier molecular flexibility index (Phi) is 3.92. The lowest BCUT2D eigenvalue weighted by molar-refractivity contribution is -0.146. The zero-order valence-corrected chi connectivity index (χ0v) is 10.3. The van der Waals surface area contributed by atoms with Crippen molar-refractivity contribution in [2.75, 3.05) is 0 Å². The van der Waals surface area contributed by atoms with Crippen molar-refractivity contribution in [3.05, 3.63) is 54.4 Å². The molecular weight excluding hydrogens is 244 g/mol. The Balaban J connectivity index is 2.14. The third kappa shape index (κ3) is 3.41. The SMILES string of the molecule is NC(=O)C(=O)N(Cc1ccccc1)Cn1cccn1. The number of carbonyl (C=O) groups excluding carboxylic acids is 2. The summed E-state index contributed by atoms with van der Waals surface area (Å²) in [5.41, 5.74) is 5.98. The summed E-state index contributed by atoms with van der Waals surface area (Å²) in [4.78, 5) is 24.2. The molecule has 0 spiro atoms. The van der Waals surface area contributed by atoms with Gasteiger partial charge in [-0.25, -0.2) is 0 Å². The lowest BCUT2D eigenvalue weighted by Gasteiger charge is -2.21. The Morgan fingerprint density at radius 3 is 2.53 bits per heavy atom. The molecule has 0 fully saturated rings. The third-order valence-electron chi connectivity index (χ3n) is 2.59. The second kappa shape index (κ2) is 5.81. The predicted molar refractivity (Wildman–Crippen MR) is 68.4 cm³/mol. The van der Waals surface area contributed by atoms with E-state index in [-0.39, 0.29) is 6.67 Å². The molecule has 1 aromatic heterocycles. The number of aromatic nitrogens is 2. The molecule has 2 amide bonds. The van der Waals surface area contributed by atoms with Crippen LogP contribution in [-0.2, 0) is 22.8 Å². The van der Waals surface area contributed by atoms with Crippen molar-refractivity contribution in [1.29, 1.82) is 0 Å². The van der Waals surface area contributed by atoms with Crippen molar-refractivity contribution in [3.8, 4) is 0 Å². The van der Waals surface area contributed by atoms with Gasteiger partial charge in [0.2, 0.25) is 0 Å². The van der Waals surface area contributed by atoms with Crippen LogP contribution in [0.2, 0.25) is 0 Å². The van der Waals surface area contributed by atoms with Gasteiger partial charge in [0.25, 0.3) is 0 Å². The summed E-state index contributed by atoms with van der Waals surface area (Å²) in [5.74, 6) is -1.69. The van der Waals surface area contributed by atoms with Gasteiger partial charge in [-0.1, -0.05) is 30.3 Å². The molecule has 98 valence electrons. The molecule has 0 saturated carbocycles. The molecule has 0 aliphatic rings. The summed E-state index contributed by atoms with van der Waals surface area (Å²) in [6.07, 6.45) is 3.32. The lowest BCUT2D eigenvalue weighted by Crippen LogP contribution is -2.40. The van der Waals surface area contributed by atoms with Gasteiger partial charge in [0, 0.05) is 18.9 Å². The highest BCUT2D eigenvalue weighted by Gasteiger charge is 2.19. The number of carbonyl (C=O) groups is 2. The van der Waals surface area contributed by atoms with Crippen LogP contribution in [0.1, 0.15) is 5.56 Å². The minimum absolute atomic E-state index is 0.184. The zero-order valence-electron chi connectivity index (χ0n) is 10.3. The normalized spacial score (nSPS) is 10.1. The molecular formula is C13H14N4O2. The van der Waals surface area contributed by atoms with E-state index in [1.807, 2.05) is 30.3 Å². The molecule has 2 rings (SSSR count). The highest BCUT2D eigenvalue weighted by atomic mass is 16.2. The van der Waals surface area contributed by atoms with Crippen molar-refractivity contribution in [3.63, 3.8) is 0 Å². The van der Waals surface area contributed by atoms with E-state index < -0.39 is 11.8 Å². The summed E-state index contributed by atoms with van der Waals surface area (Å²) in [6.45, 7) is 0.492. The molecule has 19 heavy (non-hydrogen) atoms. The minimum atomic E-state index is -0.969. The molecule has 0 aliphatic heterocycles. The molecule has 0 bridgehead atoms. The van der Waals surface area contributed by atoms with Crippen LogP contribution in [0.4, 0.5) is 0 Å². The van der Waals surface area contributed by atoms with E-state index in [0.29, 0.717) is 6.54 Å². The lowest BCUT2D eigenvalue weighted by atomic mass is 10.2. The van der Waals surface area contributed by atoms with Gasteiger partial charge in [0.05, 0.1) is 0 Å². The van der Waals surface area contributed by atoms with Crippen molar-refractivity contribution >= 4 is 11.8 Å². The smallest absolute Gasteiger partial charge is 0.313 e. The van der Waals surface area contributed by atoms with Crippen LogP contribution in [0.5, 0.6) is 0 Å². The Hall–Kier alpha value is -2.63. The molecule has 0 unspecified atom stereocenters.